The Morgan fingerprint density at radius 1 is 0.613 bits per heavy atom. The van der Waals surface area contributed by atoms with E-state index in [4.69, 9.17) is 4.98 Å². The Bertz CT molecular complexity index is 2960. The van der Waals surface area contributed by atoms with Gasteiger partial charge in [-0.3, -0.25) is 4.39 Å². The van der Waals surface area contributed by atoms with Gasteiger partial charge in [0.05, 0.1) is 0 Å². The molecular weight excluding hydrogens is 998 g/mol. The van der Waals surface area contributed by atoms with E-state index >= 15 is 0 Å². The van der Waals surface area contributed by atoms with Crippen molar-refractivity contribution < 1.29 is 24.5 Å². The average Bonchev–Trinajstić information content (AvgIpc) is 3.79. The van der Waals surface area contributed by atoms with Crippen LogP contribution in [-0.2, 0) is 20.1 Å². The van der Waals surface area contributed by atoms with E-state index in [1.165, 1.54) is 66.7 Å². The van der Waals surface area contributed by atoms with Gasteiger partial charge in [0.15, 0.2) is 0 Å². The Kier molecular flexibility index (Phi) is 12.4. The van der Waals surface area contributed by atoms with Gasteiger partial charge in [-0.15, -0.1) is 29.8 Å². The maximum atomic E-state index is 12.6. The number of benzene rings is 7. The second-order valence-electron chi connectivity index (χ2n) is 17.0. The molecule has 62 heavy (non-hydrogen) atoms. The van der Waals surface area contributed by atoms with Crippen molar-refractivity contribution in [1.82, 2.24) is 14.5 Å². The van der Waals surface area contributed by atoms with E-state index in [0.717, 1.165) is 33.7 Å². The van der Waals surface area contributed by atoms with Crippen LogP contribution in [0.15, 0.2) is 170 Å². The molecule has 10 rings (SSSR count). The molecule has 1 radical (unpaired) electrons. The van der Waals surface area contributed by atoms with E-state index in [9.17, 15) is 4.39 Å². The third-order valence-corrected chi connectivity index (χ3v) is 19.4. The quantitative estimate of drug-likeness (QED) is 0.118. The summed E-state index contributed by atoms with van der Waals surface area (Å²) >= 11 is -2.66. The van der Waals surface area contributed by atoms with Crippen LogP contribution in [0.2, 0.25) is 11.5 Å². The van der Waals surface area contributed by atoms with Crippen LogP contribution in [-0.4, -0.2) is 27.8 Å². The second kappa shape index (κ2) is 17.9. The Morgan fingerprint density at radius 3 is 1.90 bits per heavy atom. The molecule has 1 aliphatic heterocycles. The fourth-order valence-electron chi connectivity index (χ4n) is 8.92. The van der Waals surface area contributed by atoms with E-state index in [1.807, 2.05) is 18.2 Å². The summed E-state index contributed by atoms with van der Waals surface area (Å²) in [6, 6.07) is 63.2. The summed E-state index contributed by atoms with van der Waals surface area (Å²) in [6.45, 7) is 9.30. The van der Waals surface area contributed by atoms with Crippen LogP contribution in [0.3, 0.4) is 0 Å². The first-order chi connectivity index (χ1) is 29.6. The van der Waals surface area contributed by atoms with Crippen molar-refractivity contribution in [2.75, 3.05) is 0 Å². The van der Waals surface area contributed by atoms with Gasteiger partial charge in [-0.1, -0.05) is 42.5 Å². The summed E-state index contributed by atoms with van der Waals surface area (Å²) < 4.78 is 18.1. The van der Waals surface area contributed by atoms with Crippen molar-refractivity contribution in [3.63, 3.8) is 0 Å². The van der Waals surface area contributed by atoms with Gasteiger partial charge >= 0.3 is 253 Å². The molecule has 0 fully saturated rings. The molecule has 0 aliphatic carbocycles. The zero-order chi connectivity index (χ0) is 42.3. The molecular formula is C56H48FGeIrN3-2. The molecule has 2 aromatic heterocycles. The summed E-state index contributed by atoms with van der Waals surface area (Å²) in [5, 5.41) is 0. The first-order valence-electron chi connectivity index (χ1n) is 21.2. The molecule has 0 saturated heterocycles. The summed E-state index contributed by atoms with van der Waals surface area (Å²) in [6.07, 6.45) is 1.70. The molecule has 1 aliphatic rings. The van der Waals surface area contributed by atoms with E-state index in [2.05, 4.69) is 188 Å². The van der Waals surface area contributed by atoms with Crippen LogP contribution in [0, 0.1) is 17.9 Å². The summed E-state index contributed by atoms with van der Waals surface area (Å²) in [7, 11) is 0. The molecule has 0 bridgehead atoms. The molecule has 0 unspecified atom stereocenters. The Hall–Kier alpha value is -5.72. The molecule has 3 nitrogen and oxygen atoms in total. The molecule has 7 aromatic carbocycles. The van der Waals surface area contributed by atoms with Gasteiger partial charge in [-0.05, 0) is 17.3 Å². The van der Waals surface area contributed by atoms with Gasteiger partial charge in [0.1, 0.15) is 0 Å². The zero-order valence-electron chi connectivity index (χ0n) is 35.9. The number of para-hydroxylation sites is 2. The van der Waals surface area contributed by atoms with E-state index in [0.29, 0.717) is 11.8 Å². The fourth-order valence-corrected chi connectivity index (χ4v) is 16.0. The molecule has 309 valence electrons. The molecule has 9 aromatic rings. The summed E-state index contributed by atoms with van der Waals surface area (Å²) in [4.78, 5) is 9.57. The first kappa shape index (κ1) is 43.0. The van der Waals surface area contributed by atoms with Gasteiger partial charge in [-0.2, -0.15) is 0 Å². The van der Waals surface area contributed by atoms with Gasteiger partial charge in [0.25, 0.3) is 0 Å². The molecule has 3 heterocycles. The molecule has 6 heteroatoms. The zero-order valence-corrected chi connectivity index (χ0v) is 40.4. The van der Waals surface area contributed by atoms with Crippen molar-refractivity contribution >= 4 is 33.1 Å². The number of rotatable bonds is 7. The molecule has 0 spiro atoms. The van der Waals surface area contributed by atoms with Crippen molar-refractivity contribution in [1.29, 1.82) is 0 Å². The molecule has 0 atom stereocenters. The van der Waals surface area contributed by atoms with E-state index < -0.39 is 13.3 Å². The maximum Gasteiger partial charge on any atom is 0.0379 e. The Morgan fingerprint density at radius 2 is 1.24 bits per heavy atom. The fraction of sp³-hybridized carbons (Fsp3) is 0.143. The van der Waals surface area contributed by atoms with Crippen LogP contribution in [0.5, 0.6) is 0 Å². The number of hydrogen-bond donors (Lipinski definition) is 0. The third-order valence-electron chi connectivity index (χ3n) is 12.0. The normalized spacial score (nSPS) is 12.4. The van der Waals surface area contributed by atoms with Gasteiger partial charge < -0.3 is 4.98 Å². The number of nitrogens with zero attached hydrogens (tertiary/aromatic N) is 3. The van der Waals surface area contributed by atoms with E-state index in [-0.39, 0.29) is 25.9 Å². The number of aromatic nitrogens is 3. The maximum absolute atomic E-state index is 12.6. The summed E-state index contributed by atoms with van der Waals surface area (Å²) in [5.74, 6) is 6.40. The minimum Gasteiger partial charge on any atom is -0.305 e. The van der Waals surface area contributed by atoms with Crippen LogP contribution in [0.25, 0.3) is 72.7 Å². The third kappa shape index (κ3) is 8.06. The van der Waals surface area contributed by atoms with Crippen LogP contribution in [0.1, 0.15) is 50.7 Å². The average molecular weight is 1050 g/mol. The van der Waals surface area contributed by atoms with Gasteiger partial charge in [0.2, 0.25) is 0 Å². The molecule has 0 amide bonds. The second-order valence-corrected chi connectivity index (χ2v) is 26.0. The Labute approximate surface area is 381 Å². The van der Waals surface area contributed by atoms with Gasteiger partial charge in [0, 0.05) is 32.1 Å². The topological polar surface area (TPSA) is 30.7 Å². The number of imidazole rings is 1. The monoisotopic (exact) mass is 1050 g/mol. The largest absolute Gasteiger partial charge is 0.305 e. The predicted octanol–water partition coefficient (Wildman–Crippen LogP) is 13.6. The first-order valence-corrected chi connectivity index (χ1v) is 27.4. The van der Waals surface area contributed by atoms with Crippen molar-refractivity contribution in [3.8, 4) is 61.7 Å². The Balaban J connectivity index is 0.000000323. The minimum atomic E-state index is -2.66. The van der Waals surface area contributed by atoms with E-state index in [1.54, 1.807) is 16.7 Å². The smallest absolute Gasteiger partial charge is 0.0379 e. The van der Waals surface area contributed by atoms with Gasteiger partial charge in [-0.25, -0.2) is 0 Å². The number of pyridine rings is 1. The van der Waals surface area contributed by atoms with Crippen LogP contribution in [0.4, 0.5) is 4.39 Å². The molecule has 0 N–H and O–H groups in total. The number of halogens is 1. The van der Waals surface area contributed by atoms with Crippen molar-refractivity contribution in [2.45, 2.75) is 51.0 Å². The summed E-state index contributed by atoms with van der Waals surface area (Å²) in [5.41, 5.74) is 16.6. The van der Waals surface area contributed by atoms with Crippen molar-refractivity contribution in [2.24, 2.45) is 0 Å². The number of hydrogen-bond acceptors (Lipinski definition) is 2. The SMILES string of the molecule is CC(C)c1cc(-c2ccc(-c3ccccc3)cc2)cc(C(C)C)c1-n1c(-c2[c-]ccc3[c]2[Ge]([CH3])([CH3])[c]2ccccc2-3)nc2ccccc21.Fc1c[c-]c(-c2ccccn2)cc1.[Ir]. The predicted molar refractivity (Wildman–Crippen MR) is 255 cm³/mol. The van der Waals surface area contributed by atoms with Crippen LogP contribution < -0.4 is 8.79 Å². The molecule has 0 saturated carbocycles. The number of fused-ring (bicyclic) bond motifs is 4. The standard InChI is InChI=1S/C45H41GeN2.C11H7FN.Ir/c1-29(2)38-27-34(33-25-23-32(24-26-33)31-15-8-7-9-16-31)28-39(30(3)4)44(38)48-42-22-13-12-21-41(42)47-45(48)37-19-14-18-36-35-17-10-11-20-40(35)46(5,6)43(36)37;12-10-6-4-9(5-7-10)11-3-1-2-8-13-11;/h7-18,20-30H,1-6H3;1-4,6-8H;/q2*-1;. The minimum absolute atomic E-state index is 0. The van der Waals surface area contributed by atoms with Crippen molar-refractivity contribution in [3.05, 3.63) is 199 Å². The van der Waals surface area contributed by atoms with Crippen LogP contribution >= 0.6 is 0 Å².